The van der Waals surface area contributed by atoms with Crippen molar-refractivity contribution in [3.63, 3.8) is 0 Å². The summed E-state index contributed by atoms with van der Waals surface area (Å²) in [5.41, 5.74) is -0.128. The van der Waals surface area contributed by atoms with E-state index in [1.54, 1.807) is 4.90 Å². The molecule has 10 nitrogen and oxygen atoms in total. The number of hydrogen-bond donors (Lipinski definition) is 3. The van der Waals surface area contributed by atoms with E-state index >= 15 is 0 Å². The summed E-state index contributed by atoms with van der Waals surface area (Å²) in [6.07, 6.45) is 5.33. The zero-order valence-corrected chi connectivity index (χ0v) is 24.1. The maximum atomic E-state index is 14.0. The van der Waals surface area contributed by atoms with Gasteiger partial charge in [-0.25, -0.2) is 4.79 Å². The molecular weight excluding hydrogens is 500 g/mol. The van der Waals surface area contributed by atoms with Crippen molar-refractivity contribution in [1.29, 1.82) is 0 Å². The number of carbonyl (C=O) groups excluding carboxylic acids is 5. The molecule has 0 aromatic heterocycles. The van der Waals surface area contributed by atoms with E-state index in [4.69, 9.17) is 4.74 Å². The molecule has 5 atom stereocenters. The lowest BCUT2D eigenvalue weighted by atomic mass is 9.94. The maximum absolute atomic E-state index is 14.0. The molecule has 1 saturated heterocycles. The Morgan fingerprint density at radius 2 is 1.77 bits per heavy atom. The molecule has 3 N–H and O–H groups in total. The lowest BCUT2D eigenvalue weighted by Gasteiger charge is -2.35. The van der Waals surface area contributed by atoms with Crippen molar-refractivity contribution in [3.05, 3.63) is 12.7 Å². The molecule has 2 saturated carbocycles. The molecule has 3 rings (SSSR count). The molecule has 1 unspecified atom stereocenters. The number of fused-ring (bicyclic) bond motifs is 1. The number of piperidine rings is 1. The fourth-order valence-corrected chi connectivity index (χ4v) is 6.30. The molecule has 3 aliphatic rings. The number of alkyl carbamates (subject to hydrolysis) is 1. The molecule has 10 heteroatoms. The summed E-state index contributed by atoms with van der Waals surface area (Å²) >= 11 is 0. The molecule has 4 amide bonds. The number of nitrogens with one attached hydrogen (secondary N) is 3. The van der Waals surface area contributed by atoms with E-state index in [2.05, 4.69) is 36.4 Å². The van der Waals surface area contributed by atoms with E-state index in [0.717, 1.165) is 25.7 Å². The normalized spacial score (nSPS) is 24.9. The molecule has 218 valence electrons. The zero-order chi connectivity index (χ0) is 28.9. The molecule has 0 radical (unpaired) electrons. The second-order valence-electron chi connectivity index (χ2n) is 12.3. The van der Waals surface area contributed by atoms with E-state index in [1.807, 2.05) is 20.8 Å². The first-order valence-electron chi connectivity index (χ1n) is 14.4. The van der Waals surface area contributed by atoms with Gasteiger partial charge in [-0.15, -0.1) is 6.58 Å². The Morgan fingerprint density at radius 3 is 2.36 bits per heavy atom. The van der Waals surface area contributed by atoms with Gasteiger partial charge in [0.2, 0.25) is 17.6 Å². The van der Waals surface area contributed by atoms with Crippen LogP contribution < -0.4 is 16.0 Å². The third kappa shape index (κ3) is 7.00. The fraction of sp³-hybridized carbons (Fsp3) is 0.759. The van der Waals surface area contributed by atoms with Gasteiger partial charge in [0.05, 0.1) is 12.6 Å². The predicted molar refractivity (Wildman–Crippen MR) is 146 cm³/mol. The quantitative estimate of drug-likeness (QED) is 0.240. The van der Waals surface area contributed by atoms with Crippen molar-refractivity contribution < 1.29 is 28.7 Å². The summed E-state index contributed by atoms with van der Waals surface area (Å²) in [6, 6.07) is -2.54. The van der Waals surface area contributed by atoms with Gasteiger partial charge in [-0.2, -0.15) is 0 Å². The van der Waals surface area contributed by atoms with Crippen LogP contribution in [0, 0.1) is 29.1 Å². The Kier molecular flexibility index (Phi) is 10.2. The van der Waals surface area contributed by atoms with Gasteiger partial charge >= 0.3 is 6.09 Å². The van der Waals surface area contributed by atoms with Crippen molar-refractivity contribution in [2.75, 3.05) is 19.7 Å². The van der Waals surface area contributed by atoms with Crippen LogP contribution >= 0.6 is 0 Å². The highest BCUT2D eigenvalue weighted by molar-refractivity contribution is 6.38. The number of Topliss-reactive ketones (excluding diaryl/α,β-unsaturated/α-hetero) is 1. The summed E-state index contributed by atoms with van der Waals surface area (Å²) in [5, 5.41) is 8.09. The lowest BCUT2D eigenvalue weighted by Crippen LogP contribution is -2.59. The number of likely N-dealkylation sites (tertiary alicyclic amines) is 1. The first-order chi connectivity index (χ1) is 18.4. The van der Waals surface area contributed by atoms with Crippen molar-refractivity contribution >= 4 is 29.6 Å². The van der Waals surface area contributed by atoms with Crippen LogP contribution in [0.2, 0.25) is 0 Å². The minimum Gasteiger partial charge on any atom is -0.449 e. The average Bonchev–Trinajstić information content (AvgIpc) is 3.35. The van der Waals surface area contributed by atoms with Crippen LogP contribution in [0.5, 0.6) is 0 Å². The molecule has 0 aromatic rings. The minimum atomic E-state index is -0.986. The largest absolute Gasteiger partial charge is 0.449 e. The van der Waals surface area contributed by atoms with Gasteiger partial charge < -0.3 is 25.6 Å². The summed E-state index contributed by atoms with van der Waals surface area (Å²) in [4.78, 5) is 67.1. The Balaban J connectivity index is 1.80. The van der Waals surface area contributed by atoms with Crippen LogP contribution in [-0.2, 0) is 23.9 Å². The number of ketones is 1. The highest BCUT2D eigenvalue weighted by atomic mass is 16.5. The van der Waals surface area contributed by atoms with E-state index in [9.17, 15) is 24.0 Å². The molecule has 0 bridgehead atoms. The van der Waals surface area contributed by atoms with Crippen LogP contribution in [0.4, 0.5) is 4.79 Å². The van der Waals surface area contributed by atoms with Crippen LogP contribution in [-0.4, -0.2) is 72.3 Å². The highest BCUT2D eigenvalue weighted by Gasteiger charge is 2.69. The monoisotopic (exact) mass is 546 g/mol. The van der Waals surface area contributed by atoms with Crippen molar-refractivity contribution in [2.45, 2.75) is 91.3 Å². The Bertz CT molecular complexity index is 957. The van der Waals surface area contributed by atoms with Gasteiger partial charge in [-0.3, -0.25) is 19.2 Å². The van der Waals surface area contributed by atoms with Gasteiger partial charge in [0.1, 0.15) is 12.1 Å². The molecule has 0 aromatic carbocycles. The molecule has 2 aliphatic carbocycles. The number of hydrogen-bond acceptors (Lipinski definition) is 6. The van der Waals surface area contributed by atoms with Gasteiger partial charge in [0.15, 0.2) is 0 Å². The second-order valence-corrected chi connectivity index (χ2v) is 12.3. The maximum Gasteiger partial charge on any atom is 0.407 e. The number of amides is 4. The Labute approximate surface area is 232 Å². The topological polar surface area (TPSA) is 134 Å². The Hall–Kier alpha value is -2.91. The third-order valence-electron chi connectivity index (χ3n) is 8.56. The van der Waals surface area contributed by atoms with E-state index < -0.39 is 41.8 Å². The SMILES string of the molecule is C=CCNC(=O)C(=O)C(CCC)NC(=O)[C@@H]1[C@H]2[C@@H](CN1C(=O)[C@@H](NC(=O)OCC(C)C)C1CCCC1)C2(C)C. The molecule has 3 fully saturated rings. The average molecular weight is 547 g/mol. The first-order valence-corrected chi connectivity index (χ1v) is 14.4. The summed E-state index contributed by atoms with van der Waals surface area (Å²) in [5.74, 6) is -1.99. The van der Waals surface area contributed by atoms with Gasteiger partial charge in [0, 0.05) is 13.1 Å². The lowest BCUT2D eigenvalue weighted by molar-refractivity contribution is -0.144. The number of nitrogens with zero attached hydrogens (tertiary/aromatic N) is 1. The molecule has 0 spiro atoms. The predicted octanol–water partition coefficient (Wildman–Crippen LogP) is 2.57. The van der Waals surface area contributed by atoms with E-state index in [-0.39, 0.29) is 48.1 Å². The molecular formula is C29H46N4O6. The second kappa shape index (κ2) is 13.0. The van der Waals surface area contributed by atoms with E-state index in [0.29, 0.717) is 19.4 Å². The standard InChI is InChI=1S/C29H46N4O6/c1-7-11-20(24(34)26(36)30-14-8-2)31-25(35)23-21-19(29(21,5)6)15-33(23)27(37)22(18-12-9-10-13-18)32-28(38)39-16-17(3)4/h8,17-23H,2,7,9-16H2,1,3-6H3,(H,30,36)(H,31,35)(H,32,38)/t19-,20?,21-,22+,23+/m1/s1. The summed E-state index contributed by atoms with van der Waals surface area (Å²) in [6.45, 7) is 14.3. The Morgan fingerprint density at radius 1 is 1.10 bits per heavy atom. The van der Waals surface area contributed by atoms with Gasteiger partial charge in [-0.1, -0.05) is 60.0 Å². The number of ether oxygens (including phenoxy) is 1. The van der Waals surface area contributed by atoms with Crippen molar-refractivity contribution in [3.8, 4) is 0 Å². The third-order valence-corrected chi connectivity index (χ3v) is 8.56. The van der Waals surface area contributed by atoms with Crippen molar-refractivity contribution in [2.24, 2.45) is 29.1 Å². The molecule has 39 heavy (non-hydrogen) atoms. The highest BCUT2D eigenvalue weighted by Crippen LogP contribution is 2.65. The van der Waals surface area contributed by atoms with Crippen LogP contribution in [0.15, 0.2) is 12.7 Å². The first kappa shape index (κ1) is 30.6. The number of rotatable bonds is 13. The number of carbonyl (C=O) groups is 5. The van der Waals surface area contributed by atoms with Crippen LogP contribution in [0.25, 0.3) is 0 Å². The zero-order valence-electron chi connectivity index (χ0n) is 24.1. The van der Waals surface area contributed by atoms with Gasteiger partial charge in [0.25, 0.3) is 5.91 Å². The van der Waals surface area contributed by atoms with Gasteiger partial charge in [-0.05, 0) is 48.3 Å². The van der Waals surface area contributed by atoms with Crippen molar-refractivity contribution in [1.82, 2.24) is 20.9 Å². The summed E-state index contributed by atoms with van der Waals surface area (Å²) in [7, 11) is 0. The van der Waals surface area contributed by atoms with E-state index in [1.165, 1.54) is 6.08 Å². The van der Waals surface area contributed by atoms with Crippen LogP contribution in [0.3, 0.4) is 0 Å². The molecule has 1 aliphatic heterocycles. The summed E-state index contributed by atoms with van der Waals surface area (Å²) < 4.78 is 5.32. The van der Waals surface area contributed by atoms with Crippen LogP contribution in [0.1, 0.15) is 73.1 Å². The fourth-order valence-electron chi connectivity index (χ4n) is 6.30. The molecule has 1 heterocycles. The smallest absolute Gasteiger partial charge is 0.407 e. The minimum absolute atomic E-state index is 0.0271.